The zero-order chi connectivity index (χ0) is 19.5. The Kier molecular flexibility index (Phi) is 5.16. The van der Waals surface area contributed by atoms with Gasteiger partial charge in [0.2, 0.25) is 5.91 Å². The van der Waals surface area contributed by atoms with E-state index in [-0.39, 0.29) is 29.7 Å². The van der Waals surface area contributed by atoms with Crippen molar-refractivity contribution in [3.63, 3.8) is 0 Å². The van der Waals surface area contributed by atoms with E-state index in [9.17, 15) is 9.59 Å². The number of nitrogens with zero attached hydrogens (tertiary/aromatic N) is 5. The van der Waals surface area contributed by atoms with Crippen LogP contribution in [0.25, 0.3) is 5.78 Å². The fourth-order valence-corrected chi connectivity index (χ4v) is 3.58. The molecule has 1 fully saturated rings. The average Bonchev–Trinajstić information content (AvgIpc) is 3.05. The van der Waals surface area contributed by atoms with Gasteiger partial charge in [0, 0.05) is 37.1 Å². The Balaban J connectivity index is 1.35. The number of H-pyrrole nitrogens is 1. The van der Waals surface area contributed by atoms with E-state index in [1.165, 1.54) is 10.6 Å². The second kappa shape index (κ2) is 7.89. The molecule has 0 aromatic carbocycles. The maximum absolute atomic E-state index is 12.5. The van der Waals surface area contributed by atoms with Crippen molar-refractivity contribution in [2.24, 2.45) is 0 Å². The highest BCUT2D eigenvalue weighted by Crippen LogP contribution is 2.13. The fourth-order valence-electron chi connectivity index (χ4n) is 3.58. The van der Waals surface area contributed by atoms with E-state index >= 15 is 0 Å². The summed E-state index contributed by atoms with van der Waals surface area (Å²) in [6.07, 6.45) is 3.86. The molecule has 2 N–H and O–H groups in total. The van der Waals surface area contributed by atoms with Crippen LogP contribution in [0.1, 0.15) is 30.1 Å². The molecule has 3 aromatic heterocycles. The predicted octanol–water partition coefficient (Wildman–Crippen LogP) is 0.444. The molecule has 1 unspecified atom stereocenters. The van der Waals surface area contributed by atoms with E-state index in [0.29, 0.717) is 11.5 Å². The Morgan fingerprint density at radius 3 is 3.07 bits per heavy atom. The van der Waals surface area contributed by atoms with Gasteiger partial charge < -0.3 is 5.32 Å². The standard InChI is InChI=1S/C19H23N7O2/c1-13-9-18(28)26-19(21-13)23-16(24-26)10-17(27)22-15-6-4-8-25(12-15)11-14-5-2-3-7-20-14/h2-3,5,7,9,15H,4,6,8,10-12H2,1H3,(H,22,27)(H,21,23,24). The number of aryl methyl sites for hydroxylation is 1. The van der Waals surface area contributed by atoms with E-state index in [2.05, 4.69) is 30.3 Å². The Hall–Kier alpha value is -3.07. The number of carbonyl (C=O) groups excluding carboxylic acids is 1. The first-order valence-electron chi connectivity index (χ1n) is 9.44. The quantitative estimate of drug-likeness (QED) is 0.664. The normalized spacial score (nSPS) is 17.7. The summed E-state index contributed by atoms with van der Waals surface area (Å²) in [5, 5.41) is 5.94. The molecule has 1 saturated heterocycles. The zero-order valence-corrected chi connectivity index (χ0v) is 15.8. The van der Waals surface area contributed by atoms with E-state index in [4.69, 9.17) is 0 Å². The van der Waals surface area contributed by atoms with Gasteiger partial charge >= 0.3 is 0 Å². The molecule has 0 spiro atoms. The van der Waals surface area contributed by atoms with Crippen molar-refractivity contribution in [3.05, 3.63) is 58.0 Å². The number of fused-ring (bicyclic) bond motifs is 1. The summed E-state index contributed by atoms with van der Waals surface area (Å²) in [5.74, 6) is 0.592. The SMILES string of the molecule is Cc1cc(=O)n2[nH]c(CC(=O)NC3CCCN(Cc4ccccn4)C3)nc2n1. The van der Waals surface area contributed by atoms with E-state index < -0.39 is 0 Å². The summed E-state index contributed by atoms with van der Waals surface area (Å²) >= 11 is 0. The molecule has 0 aliphatic carbocycles. The Morgan fingerprint density at radius 1 is 1.36 bits per heavy atom. The number of hydrogen-bond donors (Lipinski definition) is 2. The van der Waals surface area contributed by atoms with Gasteiger partial charge in [-0.3, -0.25) is 24.6 Å². The lowest BCUT2D eigenvalue weighted by atomic mass is 10.1. The summed E-state index contributed by atoms with van der Waals surface area (Å²) in [6.45, 7) is 4.32. The minimum Gasteiger partial charge on any atom is -0.352 e. The van der Waals surface area contributed by atoms with Crippen LogP contribution < -0.4 is 10.9 Å². The smallest absolute Gasteiger partial charge is 0.274 e. The molecule has 0 radical (unpaired) electrons. The molecule has 1 aliphatic heterocycles. The van der Waals surface area contributed by atoms with E-state index in [1.807, 2.05) is 18.2 Å². The lowest BCUT2D eigenvalue weighted by Crippen LogP contribution is -2.47. The molecule has 3 aromatic rings. The van der Waals surface area contributed by atoms with Gasteiger partial charge in [0.15, 0.2) is 0 Å². The molecule has 1 atom stereocenters. The van der Waals surface area contributed by atoms with Crippen LogP contribution >= 0.6 is 0 Å². The Bertz CT molecular complexity index is 1030. The number of likely N-dealkylation sites (tertiary alicyclic amines) is 1. The van der Waals surface area contributed by atoms with Crippen molar-refractivity contribution in [2.75, 3.05) is 13.1 Å². The van der Waals surface area contributed by atoms with Crippen molar-refractivity contribution in [2.45, 2.75) is 38.8 Å². The van der Waals surface area contributed by atoms with Crippen molar-refractivity contribution >= 4 is 11.7 Å². The molecule has 28 heavy (non-hydrogen) atoms. The number of aromatic nitrogens is 5. The highest BCUT2D eigenvalue weighted by Gasteiger charge is 2.22. The second-order valence-corrected chi connectivity index (χ2v) is 7.18. The summed E-state index contributed by atoms with van der Waals surface area (Å²) in [7, 11) is 0. The van der Waals surface area contributed by atoms with Gasteiger partial charge in [-0.1, -0.05) is 6.07 Å². The zero-order valence-electron chi connectivity index (χ0n) is 15.8. The number of carbonyl (C=O) groups is 1. The summed E-state index contributed by atoms with van der Waals surface area (Å²) in [5.41, 5.74) is 1.40. The van der Waals surface area contributed by atoms with E-state index in [1.54, 1.807) is 13.1 Å². The van der Waals surface area contributed by atoms with Gasteiger partial charge in [-0.2, -0.15) is 9.50 Å². The fraction of sp³-hybridized carbons (Fsp3) is 0.421. The summed E-state index contributed by atoms with van der Waals surface area (Å²) in [6, 6.07) is 7.43. The Labute approximate surface area is 161 Å². The third-order valence-corrected chi connectivity index (χ3v) is 4.82. The van der Waals surface area contributed by atoms with Gasteiger partial charge in [0.05, 0.1) is 12.1 Å². The molecular formula is C19H23N7O2. The monoisotopic (exact) mass is 381 g/mol. The predicted molar refractivity (Wildman–Crippen MR) is 103 cm³/mol. The van der Waals surface area contributed by atoms with Crippen LogP contribution in [-0.4, -0.2) is 54.5 Å². The number of hydrogen-bond acceptors (Lipinski definition) is 6. The van der Waals surface area contributed by atoms with Crippen molar-refractivity contribution in [1.82, 2.24) is 34.8 Å². The van der Waals surface area contributed by atoms with Crippen LogP contribution in [0, 0.1) is 6.92 Å². The number of rotatable bonds is 5. The number of pyridine rings is 1. The molecule has 4 heterocycles. The first-order valence-corrected chi connectivity index (χ1v) is 9.44. The third kappa shape index (κ3) is 4.25. The highest BCUT2D eigenvalue weighted by molar-refractivity contribution is 5.78. The van der Waals surface area contributed by atoms with Crippen LogP contribution in [0.3, 0.4) is 0 Å². The molecule has 146 valence electrons. The second-order valence-electron chi connectivity index (χ2n) is 7.18. The van der Waals surface area contributed by atoms with Gasteiger partial charge in [0.25, 0.3) is 11.3 Å². The van der Waals surface area contributed by atoms with Gasteiger partial charge in [-0.25, -0.2) is 4.98 Å². The van der Waals surface area contributed by atoms with Gasteiger partial charge in [0.1, 0.15) is 5.82 Å². The van der Waals surface area contributed by atoms with Crippen LogP contribution in [0.2, 0.25) is 0 Å². The van der Waals surface area contributed by atoms with Crippen LogP contribution in [-0.2, 0) is 17.8 Å². The maximum Gasteiger partial charge on any atom is 0.274 e. The van der Waals surface area contributed by atoms with Crippen molar-refractivity contribution in [1.29, 1.82) is 0 Å². The minimum atomic E-state index is -0.237. The maximum atomic E-state index is 12.5. The van der Waals surface area contributed by atoms with Gasteiger partial charge in [-0.15, -0.1) is 0 Å². The molecule has 0 bridgehead atoms. The molecular weight excluding hydrogens is 358 g/mol. The molecule has 1 amide bonds. The van der Waals surface area contributed by atoms with Crippen molar-refractivity contribution in [3.8, 4) is 0 Å². The molecule has 9 heteroatoms. The first kappa shape index (κ1) is 18.3. The topological polar surface area (TPSA) is 108 Å². The van der Waals surface area contributed by atoms with Crippen LogP contribution in [0.5, 0.6) is 0 Å². The average molecular weight is 381 g/mol. The minimum absolute atomic E-state index is 0.0819. The number of piperidine rings is 1. The molecule has 0 saturated carbocycles. The molecule has 9 nitrogen and oxygen atoms in total. The number of amides is 1. The van der Waals surface area contributed by atoms with E-state index in [0.717, 1.165) is 38.2 Å². The summed E-state index contributed by atoms with van der Waals surface area (Å²) < 4.78 is 1.25. The van der Waals surface area contributed by atoms with Crippen LogP contribution in [0.4, 0.5) is 0 Å². The van der Waals surface area contributed by atoms with Gasteiger partial charge in [-0.05, 0) is 38.4 Å². The Morgan fingerprint density at radius 2 is 2.25 bits per heavy atom. The lowest BCUT2D eigenvalue weighted by Gasteiger charge is -2.32. The highest BCUT2D eigenvalue weighted by atomic mass is 16.2. The molecule has 1 aliphatic rings. The third-order valence-electron chi connectivity index (χ3n) is 4.82. The molecule has 4 rings (SSSR count). The van der Waals surface area contributed by atoms with Crippen molar-refractivity contribution < 1.29 is 4.79 Å². The summed E-state index contributed by atoms with van der Waals surface area (Å²) in [4.78, 5) is 39.6. The number of nitrogens with one attached hydrogen (secondary N) is 2. The lowest BCUT2D eigenvalue weighted by molar-refractivity contribution is -0.121. The first-order chi connectivity index (χ1) is 13.6. The van der Waals surface area contributed by atoms with Crippen LogP contribution in [0.15, 0.2) is 35.3 Å². The number of aromatic amines is 1. The largest absolute Gasteiger partial charge is 0.352 e.